The first-order valence-corrected chi connectivity index (χ1v) is 8.53. The fraction of sp³-hybridized carbons (Fsp3) is 0.222. The highest BCUT2D eigenvalue weighted by Crippen LogP contribution is 2.49. The van der Waals surface area contributed by atoms with E-state index in [0.717, 1.165) is 29.1 Å². The van der Waals surface area contributed by atoms with Gasteiger partial charge in [0.2, 0.25) is 0 Å². The van der Waals surface area contributed by atoms with Gasteiger partial charge in [0.1, 0.15) is 0 Å². The van der Waals surface area contributed by atoms with Gasteiger partial charge >= 0.3 is 0 Å². The molecule has 1 amide bonds. The second kappa shape index (κ2) is 5.41. The van der Waals surface area contributed by atoms with Crippen LogP contribution in [0.1, 0.15) is 16.7 Å². The molecule has 1 atom stereocenters. The second-order valence-electron chi connectivity index (χ2n) is 5.68. The average Bonchev–Trinajstić information content (AvgIpc) is 3.17. The van der Waals surface area contributed by atoms with Crippen molar-refractivity contribution in [3.05, 3.63) is 65.2 Å². The van der Waals surface area contributed by atoms with Crippen molar-refractivity contribution >= 4 is 23.4 Å². The van der Waals surface area contributed by atoms with E-state index in [2.05, 4.69) is 11.4 Å². The Labute approximate surface area is 139 Å². The Hall–Kier alpha value is -2.29. The number of nitrogens with zero attached hydrogens (tertiary/aromatic N) is 2. The van der Waals surface area contributed by atoms with Crippen LogP contribution in [0.3, 0.4) is 0 Å². The molecule has 2 aliphatic rings. The van der Waals surface area contributed by atoms with E-state index >= 15 is 0 Å². The number of fused-ring (bicyclic) bond motifs is 2. The lowest BCUT2D eigenvalue weighted by molar-refractivity contribution is -0.121. The minimum absolute atomic E-state index is 0.0866. The average molecular weight is 321 g/mol. The van der Waals surface area contributed by atoms with Gasteiger partial charge in [0.05, 0.1) is 23.9 Å². The molecular formula is C18H15N3OS. The summed E-state index contributed by atoms with van der Waals surface area (Å²) in [4.78, 5) is 14.3. The molecule has 0 aliphatic carbocycles. The molecule has 2 aromatic carbocycles. The fourth-order valence-corrected chi connectivity index (χ4v) is 4.57. The van der Waals surface area contributed by atoms with E-state index in [4.69, 9.17) is 5.26 Å². The number of hydrogen-bond donors (Lipinski definition) is 1. The molecule has 1 saturated heterocycles. The molecule has 2 heterocycles. The van der Waals surface area contributed by atoms with Crippen LogP contribution in [0.4, 0.5) is 5.69 Å². The molecule has 4 nitrogen and oxygen atoms in total. The molecule has 114 valence electrons. The number of rotatable bonds is 2. The van der Waals surface area contributed by atoms with Gasteiger partial charge in [-0.1, -0.05) is 30.3 Å². The third-order valence-electron chi connectivity index (χ3n) is 4.31. The van der Waals surface area contributed by atoms with Crippen molar-refractivity contribution in [1.82, 2.24) is 5.32 Å². The maximum atomic E-state index is 13.1. The highest BCUT2D eigenvalue weighted by molar-refractivity contribution is 8.01. The van der Waals surface area contributed by atoms with Gasteiger partial charge in [-0.2, -0.15) is 5.26 Å². The van der Waals surface area contributed by atoms with Gasteiger partial charge < -0.3 is 4.90 Å². The standard InChI is InChI=1S/C18H15N3OS/c19-11-13-4-3-5-14(10-13)12-21-16-7-2-1-6-15(16)18(17(21)22)20-8-9-23-18/h1-7,10,20H,8-9,12H2. The van der Waals surface area contributed by atoms with E-state index < -0.39 is 4.87 Å². The lowest BCUT2D eigenvalue weighted by Crippen LogP contribution is -2.44. The van der Waals surface area contributed by atoms with Gasteiger partial charge in [-0.25, -0.2) is 0 Å². The summed E-state index contributed by atoms with van der Waals surface area (Å²) in [7, 11) is 0. The summed E-state index contributed by atoms with van der Waals surface area (Å²) in [5, 5.41) is 12.5. The van der Waals surface area contributed by atoms with Crippen molar-refractivity contribution in [2.45, 2.75) is 11.4 Å². The fourth-order valence-electron chi connectivity index (χ4n) is 3.29. The molecule has 0 aromatic heterocycles. The normalized spacial score (nSPS) is 22.4. The molecule has 5 heteroatoms. The molecule has 0 bridgehead atoms. The summed E-state index contributed by atoms with van der Waals surface area (Å²) in [6, 6.07) is 17.6. The van der Waals surface area contributed by atoms with Crippen molar-refractivity contribution in [2.24, 2.45) is 0 Å². The maximum Gasteiger partial charge on any atom is 0.262 e. The van der Waals surface area contributed by atoms with Gasteiger partial charge in [-0.05, 0) is 23.8 Å². The predicted molar refractivity (Wildman–Crippen MR) is 90.9 cm³/mol. The highest BCUT2D eigenvalue weighted by atomic mass is 32.2. The van der Waals surface area contributed by atoms with Crippen LogP contribution in [-0.4, -0.2) is 18.2 Å². The van der Waals surface area contributed by atoms with Crippen molar-refractivity contribution in [1.29, 1.82) is 5.26 Å². The SMILES string of the molecule is N#Cc1cccc(CN2C(=O)C3(NCCS3)c3ccccc32)c1. The van der Waals surface area contributed by atoms with Crippen molar-refractivity contribution < 1.29 is 4.79 Å². The van der Waals surface area contributed by atoms with E-state index in [-0.39, 0.29) is 5.91 Å². The maximum absolute atomic E-state index is 13.1. The zero-order valence-corrected chi connectivity index (χ0v) is 13.3. The zero-order valence-electron chi connectivity index (χ0n) is 12.5. The molecule has 23 heavy (non-hydrogen) atoms. The molecule has 0 saturated carbocycles. The van der Waals surface area contributed by atoms with E-state index in [1.54, 1.807) is 17.8 Å². The lowest BCUT2D eigenvalue weighted by atomic mass is 10.1. The van der Waals surface area contributed by atoms with Crippen LogP contribution in [0.5, 0.6) is 0 Å². The summed E-state index contributed by atoms with van der Waals surface area (Å²) in [5.41, 5.74) is 3.59. The van der Waals surface area contributed by atoms with Crippen LogP contribution < -0.4 is 10.2 Å². The number of para-hydroxylation sites is 1. The number of benzene rings is 2. The molecular weight excluding hydrogens is 306 g/mol. The number of nitriles is 1. The Kier molecular flexibility index (Phi) is 3.37. The van der Waals surface area contributed by atoms with E-state index in [9.17, 15) is 4.79 Å². The molecule has 1 unspecified atom stereocenters. The molecule has 1 N–H and O–H groups in total. The topological polar surface area (TPSA) is 56.1 Å². The number of hydrogen-bond acceptors (Lipinski definition) is 4. The Balaban J connectivity index is 1.75. The summed E-state index contributed by atoms with van der Waals surface area (Å²) in [5.74, 6) is 1.02. The number of thioether (sulfide) groups is 1. The number of nitrogens with one attached hydrogen (secondary N) is 1. The van der Waals surface area contributed by atoms with Crippen LogP contribution in [-0.2, 0) is 16.2 Å². The second-order valence-corrected chi connectivity index (χ2v) is 6.99. The van der Waals surface area contributed by atoms with Crippen LogP contribution in [0.2, 0.25) is 0 Å². The first-order chi connectivity index (χ1) is 11.2. The van der Waals surface area contributed by atoms with Crippen LogP contribution in [0.25, 0.3) is 0 Å². The summed E-state index contributed by atoms with van der Waals surface area (Å²) in [6.07, 6.45) is 0. The quantitative estimate of drug-likeness (QED) is 0.924. The largest absolute Gasteiger partial charge is 0.305 e. The minimum Gasteiger partial charge on any atom is -0.305 e. The first-order valence-electron chi connectivity index (χ1n) is 7.54. The lowest BCUT2D eigenvalue weighted by Gasteiger charge is -2.23. The highest BCUT2D eigenvalue weighted by Gasteiger charge is 2.53. The van der Waals surface area contributed by atoms with Crippen LogP contribution in [0, 0.1) is 11.3 Å². The number of carbonyl (C=O) groups excluding carboxylic acids is 1. The first kappa shape index (κ1) is 14.3. The Bertz CT molecular complexity index is 821. The molecule has 0 radical (unpaired) electrons. The van der Waals surface area contributed by atoms with Gasteiger partial charge in [0.25, 0.3) is 5.91 Å². The minimum atomic E-state index is -0.635. The molecule has 2 aliphatic heterocycles. The predicted octanol–water partition coefficient (Wildman–Crippen LogP) is 2.59. The summed E-state index contributed by atoms with van der Waals surface area (Å²) >= 11 is 1.67. The molecule has 4 rings (SSSR count). The van der Waals surface area contributed by atoms with Gasteiger partial charge in [0.15, 0.2) is 4.87 Å². The Morgan fingerprint density at radius 3 is 2.91 bits per heavy atom. The summed E-state index contributed by atoms with van der Waals surface area (Å²) in [6.45, 7) is 1.32. The number of amides is 1. The zero-order chi connectivity index (χ0) is 15.9. The van der Waals surface area contributed by atoms with Crippen LogP contribution in [0.15, 0.2) is 48.5 Å². The van der Waals surface area contributed by atoms with E-state index in [1.807, 2.05) is 47.4 Å². The third kappa shape index (κ3) is 2.14. The van der Waals surface area contributed by atoms with Gasteiger partial charge in [-0.15, -0.1) is 11.8 Å². The number of carbonyl (C=O) groups is 1. The van der Waals surface area contributed by atoms with Crippen molar-refractivity contribution in [3.63, 3.8) is 0 Å². The van der Waals surface area contributed by atoms with Crippen LogP contribution >= 0.6 is 11.8 Å². The third-order valence-corrected chi connectivity index (χ3v) is 5.69. The Morgan fingerprint density at radius 1 is 1.26 bits per heavy atom. The van der Waals surface area contributed by atoms with Gasteiger partial charge in [0, 0.05) is 17.9 Å². The van der Waals surface area contributed by atoms with Crippen molar-refractivity contribution in [2.75, 3.05) is 17.2 Å². The number of anilines is 1. The Morgan fingerprint density at radius 2 is 2.13 bits per heavy atom. The smallest absolute Gasteiger partial charge is 0.262 e. The molecule has 1 fully saturated rings. The monoisotopic (exact) mass is 321 g/mol. The molecule has 1 spiro atoms. The molecule has 2 aromatic rings. The van der Waals surface area contributed by atoms with E-state index in [1.165, 1.54) is 0 Å². The summed E-state index contributed by atoms with van der Waals surface area (Å²) < 4.78 is 0. The van der Waals surface area contributed by atoms with Gasteiger partial charge in [-0.3, -0.25) is 10.1 Å². The van der Waals surface area contributed by atoms with Crippen molar-refractivity contribution in [3.8, 4) is 6.07 Å². The van der Waals surface area contributed by atoms with E-state index in [0.29, 0.717) is 12.1 Å².